The van der Waals surface area contributed by atoms with Crippen molar-refractivity contribution in [3.8, 4) is 0 Å². The van der Waals surface area contributed by atoms with Crippen LogP contribution in [0.15, 0.2) is 47.9 Å². The first-order valence-corrected chi connectivity index (χ1v) is 10.4. The molecule has 2 fully saturated rings. The molecule has 2 bridgehead atoms. The molecule has 1 aliphatic carbocycles. The van der Waals surface area contributed by atoms with Crippen molar-refractivity contribution < 1.29 is 14.7 Å². The number of aliphatic hydroxyl groups is 1. The Morgan fingerprint density at radius 3 is 2.36 bits per heavy atom. The highest BCUT2D eigenvalue weighted by Gasteiger charge is 2.62. The third kappa shape index (κ3) is 2.32. The molecule has 5 nitrogen and oxygen atoms in total. The predicted octanol–water partition coefficient (Wildman–Crippen LogP) is 2.54. The molecule has 6 rings (SSSR count). The number of carbonyl (C=O) groups is 2. The van der Waals surface area contributed by atoms with Crippen LogP contribution in [0.1, 0.15) is 22.0 Å². The summed E-state index contributed by atoms with van der Waals surface area (Å²) >= 11 is 1.70. The number of likely N-dealkylation sites (N-methyl/N-ethyl adjacent to an activating group) is 1. The summed E-state index contributed by atoms with van der Waals surface area (Å²) < 4.78 is 0. The highest BCUT2D eigenvalue weighted by atomic mass is 32.1. The number of amides is 2. The van der Waals surface area contributed by atoms with Crippen molar-refractivity contribution in [1.29, 1.82) is 0 Å². The Morgan fingerprint density at radius 2 is 1.71 bits per heavy atom. The highest BCUT2D eigenvalue weighted by Crippen LogP contribution is 2.57. The van der Waals surface area contributed by atoms with Gasteiger partial charge in [0.15, 0.2) is 0 Å². The number of piperidine rings is 1. The minimum Gasteiger partial charge on any atom is -0.392 e. The molecule has 1 aromatic heterocycles. The lowest BCUT2D eigenvalue weighted by molar-refractivity contribution is -0.138. The van der Waals surface area contributed by atoms with Gasteiger partial charge in [0.05, 0.1) is 24.5 Å². The maximum Gasteiger partial charge on any atom is 0.234 e. The van der Waals surface area contributed by atoms with Crippen molar-refractivity contribution in [2.45, 2.75) is 18.7 Å². The zero-order valence-electron chi connectivity index (χ0n) is 15.8. The molecule has 1 aromatic carbocycles. The average Bonchev–Trinajstić information content (AvgIpc) is 3.33. The van der Waals surface area contributed by atoms with E-state index >= 15 is 0 Å². The van der Waals surface area contributed by atoms with E-state index < -0.39 is 0 Å². The maximum atomic E-state index is 13.1. The number of benzene rings is 1. The maximum absolute atomic E-state index is 13.1. The summed E-state index contributed by atoms with van der Waals surface area (Å²) in [5.74, 6) is -0.808. The third-order valence-corrected chi connectivity index (χ3v) is 7.58. The Bertz CT molecular complexity index is 966. The second-order valence-corrected chi connectivity index (χ2v) is 8.89. The van der Waals surface area contributed by atoms with Crippen molar-refractivity contribution in [1.82, 2.24) is 9.80 Å². The van der Waals surface area contributed by atoms with Gasteiger partial charge in [-0.1, -0.05) is 36.4 Å². The fourth-order valence-corrected chi connectivity index (χ4v) is 6.22. The van der Waals surface area contributed by atoms with Crippen molar-refractivity contribution in [3.63, 3.8) is 0 Å². The van der Waals surface area contributed by atoms with E-state index in [2.05, 4.69) is 29.5 Å². The van der Waals surface area contributed by atoms with Gasteiger partial charge >= 0.3 is 0 Å². The van der Waals surface area contributed by atoms with Crippen LogP contribution >= 0.6 is 11.3 Å². The molecule has 1 N–H and O–H groups in total. The predicted molar refractivity (Wildman–Crippen MR) is 107 cm³/mol. The molecule has 28 heavy (non-hydrogen) atoms. The zero-order chi connectivity index (χ0) is 19.6. The minimum atomic E-state index is -0.316. The number of likely N-dealkylation sites (tertiary alicyclic amines) is 1. The van der Waals surface area contributed by atoms with Gasteiger partial charge < -0.3 is 5.11 Å². The van der Waals surface area contributed by atoms with E-state index in [1.807, 2.05) is 30.3 Å². The number of rotatable bonds is 3. The van der Waals surface area contributed by atoms with Gasteiger partial charge in [0.1, 0.15) is 0 Å². The number of hydrogen-bond donors (Lipinski definition) is 1. The van der Waals surface area contributed by atoms with Crippen LogP contribution in [0.2, 0.25) is 0 Å². The number of fused-ring (bicyclic) bond motifs is 1. The van der Waals surface area contributed by atoms with Crippen LogP contribution in [0.4, 0.5) is 0 Å². The lowest BCUT2D eigenvalue weighted by Crippen LogP contribution is -2.57. The normalized spacial score (nSPS) is 32.0. The third-order valence-electron chi connectivity index (χ3n) is 6.64. The molecule has 5 atom stereocenters. The van der Waals surface area contributed by atoms with Crippen molar-refractivity contribution in [2.75, 3.05) is 14.1 Å². The van der Waals surface area contributed by atoms with E-state index in [4.69, 9.17) is 0 Å². The summed E-state index contributed by atoms with van der Waals surface area (Å²) in [6.45, 7) is 0.00835. The van der Waals surface area contributed by atoms with Crippen LogP contribution in [0, 0.1) is 17.8 Å². The van der Waals surface area contributed by atoms with Crippen LogP contribution in [0.5, 0.6) is 0 Å². The van der Waals surface area contributed by atoms with Crippen LogP contribution in [0.25, 0.3) is 5.57 Å². The largest absolute Gasteiger partial charge is 0.392 e. The van der Waals surface area contributed by atoms with E-state index in [0.717, 1.165) is 16.7 Å². The topological polar surface area (TPSA) is 60.9 Å². The lowest BCUT2D eigenvalue weighted by Gasteiger charge is -2.53. The Morgan fingerprint density at radius 1 is 1.00 bits per heavy atom. The number of aliphatic hydroxyl groups excluding tert-OH is 1. The molecule has 0 saturated carbocycles. The number of imide groups is 1. The second kappa shape index (κ2) is 6.37. The molecular formula is C22H22N2O3S. The first-order valence-electron chi connectivity index (χ1n) is 9.51. The van der Waals surface area contributed by atoms with Crippen LogP contribution in [-0.4, -0.2) is 46.9 Å². The van der Waals surface area contributed by atoms with Crippen molar-refractivity contribution in [2.24, 2.45) is 17.8 Å². The smallest absolute Gasteiger partial charge is 0.234 e. The molecule has 0 spiro atoms. The first kappa shape index (κ1) is 17.8. The summed E-state index contributed by atoms with van der Waals surface area (Å²) in [6, 6.07) is 12.0. The molecule has 3 aliphatic heterocycles. The van der Waals surface area contributed by atoms with E-state index in [-0.39, 0.29) is 48.3 Å². The Balaban J connectivity index is 1.67. The minimum absolute atomic E-state index is 0.00835. The Kier molecular flexibility index (Phi) is 4.05. The monoisotopic (exact) mass is 394 g/mol. The van der Waals surface area contributed by atoms with Crippen LogP contribution in [0.3, 0.4) is 0 Å². The second-order valence-electron chi connectivity index (χ2n) is 7.91. The Hall–Kier alpha value is -2.28. The van der Waals surface area contributed by atoms with Crippen LogP contribution in [-0.2, 0) is 16.2 Å². The van der Waals surface area contributed by atoms with Gasteiger partial charge in [0.25, 0.3) is 0 Å². The fourth-order valence-electron chi connectivity index (χ4n) is 5.30. The zero-order valence-corrected chi connectivity index (χ0v) is 16.6. The van der Waals surface area contributed by atoms with E-state index in [0.29, 0.717) is 0 Å². The van der Waals surface area contributed by atoms with E-state index in [1.54, 1.807) is 18.4 Å². The molecule has 6 heteroatoms. The molecule has 2 aromatic rings. The molecule has 144 valence electrons. The molecule has 5 unspecified atom stereocenters. The van der Waals surface area contributed by atoms with E-state index in [9.17, 15) is 14.7 Å². The lowest BCUT2D eigenvalue weighted by atomic mass is 9.61. The molecule has 4 heterocycles. The number of nitrogens with zero attached hydrogens (tertiary/aromatic N) is 2. The quantitative estimate of drug-likeness (QED) is 0.813. The summed E-state index contributed by atoms with van der Waals surface area (Å²) in [5.41, 5.74) is 3.07. The molecule has 2 amide bonds. The van der Waals surface area contributed by atoms with Crippen molar-refractivity contribution >= 4 is 28.7 Å². The average molecular weight is 394 g/mol. The van der Waals surface area contributed by atoms with Crippen LogP contribution < -0.4 is 0 Å². The van der Waals surface area contributed by atoms with Crippen molar-refractivity contribution in [3.05, 3.63) is 63.9 Å². The molecule has 0 radical (unpaired) electrons. The van der Waals surface area contributed by atoms with Gasteiger partial charge in [-0.25, -0.2) is 0 Å². The highest BCUT2D eigenvalue weighted by molar-refractivity contribution is 7.10. The number of carbonyl (C=O) groups excluding carboxylic acids is 2. The molecule has 4 aliphatic rings. The van der Waals surface area contributed by atoms with E-state index in [1.165, 1.54) is 9.78 Å². The fraction of sp³-hybridized carbons (Fsp3) is 0.364. The SMILES string of the molecule is CN1C(=O)C2C(C1=O)C1C=C(c3ccc(CO)cc3)C2C(c2cccs2)N1C. The summed E-state index contributed by atoms with van der Waals surface area (Å²) in [6.07, 6.45) is 2.19. The Labute approximate surface area is 167 Å². The molecule has 2 saturated heterocycles. The van der Waals surface area contributed by atoms with Gasteiger partial charge in [-0.3, -0.25) is 19.4 Å². The summed E-state index contributed by atoms with van der Waals surface area (Å²) in [5, 5.41) is 11.4. The number of hydrogen-bond acceptors (Lipinski definition) is 5. The van der Waals surface area contributed by atoms with Gasteiger partial charge in [0.2, 0.25) is 11.8 Å². The summed E-state index contributed by atoms with van der Waals surface area (Å²) in [4.78, 5) is 30.7. The van der Waals surface area contributed by atoms with Gasteiger partial charge in [0, 0.05) is 23.9 Å². The number of thiophene rings is 1. The van der Waals surface area contributed by atoms with Gasteiger partial charge in [-0.05, 0) is 35.2 Å². The molecular weight excluding hydrogens is 372 g/mol. The van der Waals surface area contributed by atoms with Gasteiger partial charge in [-0.15, -0.1) is 11.3 Å². The summed E-state index contributed by atoms with van der Waals surface area (Å²) in [7, 11) is 3.68. The first-order chi connectivity index (χ1) is 13.5. The van der Waals surface area contributed by atoms with Gasteiger partial charge in [-0.2, -0.15) is 0 Å². The standard InChI is InChI=1S/C22H22N2O3S/c1-23-15-10-14(13-7-5-12(11-25)6-8-13)17(20(23)16-4-3-9-28-16)19-18(15)21(26)24(2)22(19)27/h3-10,15,17-20,25H,11H2,1-2H3.